The summed E-state index contributed by atoms with van der Waals surface area (Å²) < 4.78 is 54.6. The van der Waals surface area contributed by atoms with Gasteiger partial charge >= 0.3 is 6.18 Å². The summed E-state index contributed by atoms with van der Waals surface area (Å²) >= 11 is 0. The zero-order valence-corrected chi connectivity index (χ0v) is 19.5. The monoisotopic (exact) mass is 468 g/mol. The standard InChI is InChI=1S/C23H26F4N2O2.C2H6/c1-4-7-16(14-28)8-5-6-9-18(29)13-22(31,23(25,26)27)15-21(2,3)19-11-10-17(24)12-20(19)30;1-2/h4-12,30-31H,13,15,29H2,1-3H3;1-2H3/b6-5+,7-4+,16-8+,18-9-;. The van der Waals surface area contributed by atoms with E-state index >= 15 is 0 Å². The number of hydrogen-bond acceptors (Lipinski definition) is 4. The second-order valence-corrected chi connectivity index (χ2v) is 7.79. The van der Waals surface area contributed by atoms with Crippen LogP contribution in [0.15, 0.2) is 65.9 Å². The largest absolute Gasteiger partial charge is 0.508 e. The molecule has 1 aromatic carbocycles. The average Bonchev–Trinajstić information content (AvgIpc) is 2.70. The first kappa shape index (κ1) is 30.0. The van der Waals surface area contributed by atoms with Crippen LogP contribution in [0.5, 0.6) is 5.75 Å². The minimum Gasteiger partial charge on any atom is -0.508 e. The lowest BCUT2D eigenvalue weighted by Crippen LogP contribution is -2.50. The van der Waals surface area contributed by atoms with Crippen LogP contribution >= 0.6 is 0 Å². The molecular weight excluding hydrogens is 436 g/mol. The number of benzene rings is 1. The maximum atomic E-state index is 13.8. The molecule has 0 saturated heterocycles. The molecule has 33 heavy (non-hydrogen) atoms. The molecule has 0 spiro atoms. The van der Waals surface area contributed by atoms with E-state index in [9.17, 15) is 27.8 Å². The highest BCUT2D eigenvalue weighted by Gasteiger charge is 2.56. The maximum Gasteiger partial charge on any atom is 0.417 e. The van der Waals surface area contributed by atoms with Crippen LogP contribution in [0.4, 0.5) is 17.6 Å². The fourth-order valence-corrected chi connectivity index (χ4v) is 3.21. The second kappa shape index (κ2) is 12.9. The number of nitriles is 1. The van der Waals surface area contributed by atoms with Gasteiger partial charge in [-0.1, -0.05) is 52.0 Å². The zero-order chi connectivity index (χ0) is 25.9. The third-order valence-corrected chi connectivity index (χ3v) is 4.62. The lowest BCUT2D eigenvalue weighted by Gasteiger charge is -2.38. The van der Waals surface area contributed by atoms with Crippen molar-refractivity contribution < 1.29 is 27.8 Å². The predicted octanol–water partition coefficient (Wildman–Crippen LogP) is 6.33. The van der Waals surface area contributed by atoms with E-state index in [1.807, 2.05) is 19.9 Å². The number of nitrogens with two attached hydrogens (primary N) is 1. The molecule has 1 atom stereocenters. The topological polar surface area (TPSA) is 90.3 Å². The van der Waals surface area contributed by atoms with Crippen LogP contribution in [0.1, 0.15) is 53.0 Å². The molecule has 0 aliphatic rings. The number of nitrogens with zero attached hydrogens (tertiary/aromatic N) is 1. The number of allylic oxidation sites excluding steroid dienone is 7. The Bertz CT molecular complexity index is 939. The Morgan fingerprint density at radius 1 is 1.15 bits per heavy atom. The van der Waals surface area contributed by atoms with Crippen molar-refractivity contribution in [2.24, 2.45) is 5.73 Å². The fourth-order valence-electron chi connectivity index (χ4n) is 3.21. The lowest BCUT2D eigenvalue weighted by molar-refractivity contribution is -0.266. The van der Waals surface area contributed by atoms with Gasteiger partial charge in [0.2, 0.25) is 0 Å². The SMILES string of the molecule is C/C=C/C(C#N)=C\C=C\C=C(/N)CC(O)(CC(C)(C)c1ccc(F)cc1O)C(F)(F)F.CC. The van der Waals surface area contributed by atoms with Gasteiger partial charge in [-0.2, -0.15) is 18.4 Å². The first-order valence-electron chi connectivity index (χ1n) is 10.4. The van der Waals surface area contributed by atoms with Gasteiger partial charge in [-0.3, -0.25) is 0 Å². The van der Waals surface area contributed by atoms with Gasteiger partial charge < -0.3 is 15.9 Å². The smallest absolute Gasteiger partial charge is 0.417 e. The van der Waals surface area contributed by atoms with Gasteiger partial charge in [-0.05, 0) is 48.6 Å². The molecule has 0 aromatic heterocycles. The van der Waals surface area contributed by atoms with E-state index in [4.69, 9.17) is 11.0 Å². The minimum atomic E-state index is -5.01. The maximum absolute atomic E-state index is 13.8. The summed E-state index contributed by atoms with van der Waals surface area (Å²) in [5, 5.41) is 29.4. The van der Waals surface area contributed by atoms with Gasteiger partial charge in [0.15, 0.2) is 5.60 Å². The Morgan fingerprint density at radius 3 is 2.21 bits per heavy atom. The molecule has 0 bridgehead atoms. The summed E-state index contributed by atoms with van der Waals surface area (Å²) in [6.07, 6.45) is 1.96. The fraction of sp³-hybridized carbons (Fsp3) is 0.400. The number of alkyl halides is 3. The van der Waals surface area contributed by atoms with Gasteiger partial charge in [0, 0.05) is 18.2 Å². The third kappa shape index (κ3) is 9.15. The molecule has 0 aliphatic carbocycles. The Balaban J connectivity index is 0.00000497. The minimum absolute atomic E-state index is 0.0668. The van der Waals surface area contributed by atoms with E-state index in [0.717, 1.165) is 12.1 Å². The molecule has 0 radical (unpaired) electrons. The van der Waals surface area contributed by atoms with Crippen molar-refractivity contribution in [1.29, 1.82) is 5.26 Å². The lowest BCUT2D eigenvalue weighted by atomic mass is 9.73. The van der Waals surface area contributed by atoms with Crippen LogP contribution in [0.2, 0.25) is 0 Å². The van der Waals surface area contributed by atoms with Crippen LogP contribution in [0.3, 0.4) is 0 Å². The first-order valence-corrected chi connectivity index (χ1v) is 10.4. The van der Waals surface area contributed by atoms with Crippen molar-refractivity contribution in [2.45, 2.75) is 64.7 Å². The number of aliphatic hydroxyl groups is 1. The molecule has 4 N–H and O–H groups in total. The van der Waals surface area contributed by atoms with Crippen LogP contribution in [-0.4, -0.2) is 22.0 Å². The van der Waals surface area contributed by atoms with Crippen LogP contribution in [0, 0.1) is 17.1 Å². The Hall–Kier alpha value is -3.05. The van der Waals surface area contributed by atoms with Crippen LogP contribution < -0.4 is 5.73 Å². The van der Waals surface area contributed by atoms with Gasteiger partial charge in [0.25, 0.3) is 0 Å². The van der Waals surface area contributed by atoms with E-state index in [1.165, 1.54) is 44.2 Å². The van der Waals surface area contributed by atoms with E-state index in [2.05, 4.69) is 0 Å². The number of phenols is 1. The highest BCUT2D eigenvalue weighted by atomic mass is 19.4. The number of phenolic OH excluding ortho intramolecular Hbond substituents is 1. The quantitative estimate of drug-likeness (QED) is 0.236. The molecule has 8 heteroatoms. The predicted molar refractivity (Wildman–Crippen MR) is 123 cm³/mol. The van der Waals surface area contributed by atoms with E-state index < -0.39 is 41.6 Å². The first-order chi connectivity index (χ1) is 15.3. The summed E-state index contributed by atoms with van der Waals surface area (Å²) in [6, 6.07) is 4.96. The summed E-state index contributed by atoms with van der Waals surface area (Å²) in [4.78, 5) is 0. The molecule has 4 nitrogen and oxygen atoms in total. The van der Waals surface area contributed by atoms with E-state index in [-0.39, 0.29) is 11.3 Å². The van der Waals surface area contributed by atoms with Crippen molar-refractivity contribution in [2.75, 3.05) is 0 Å². The second-order valence-electron chi connectivity index (χ2n) is 7.79. The molecule has 0 aliphatic heterocycles. The Morgan fingerprint density at radius 2 is 1.73 bits per heavy atom. The number of rotatable bonds is 8. The van der Waals surface area contributed by atoms with Crippen molar-refractivity contribution in [3.8, 4) is 11.8 Å². The normalized spacial score (nSPS) is 15.2. The molecule has 0 saturated carbocycles. The summed E-state index contributed by atoms with van der Waals surface area (Å²) in [7, 11) is 0. The summed E-state index contributed by atoms with van der Waals surface area (Å²) in [5.41, 5.74) is 1.36. The molecule has 1 unspecified atom stereocenters. The van der Waals surface area contributed by atoms with Gasteiger partial charge in [0.1, 0.15) is 11.6 Å². The van der Waals surface area contributed by atoms with Gasteiger partial charge in [-0.15, -0.1) is 0 Å². The van der Waals surface area contributed by atoms with Crippen molar-refractivity contribution >= 4 is 0 Å². The Kier molecular flexibility index (Phi) is 11.7. The van der Waals surface area contributed by atoms with Crippen molar-refractivity contribution in [3.05, 3.63) is 77.3 Å². The number of halogens is 4. The summed E-state index contributed by atoms with van der Waals surface area (Å²) in [5.74, 6) is -1.23. The molecule has 1 aromatic rings. The van der Waals surface area contributed by atoms with Gasteiger partial charge in [-0.25, -0.2) is 4.39 Å². The molecule has 0 amide bonds. The summed E-state index contributed by atoms with van der Waals surface area (Å²) in [6.45, 7) is 8.55. The average molecular weight is 469 g/mol. The molecule has 182 valence electrons. The van der Waals surface area contributed by atoms with E-state index in [0.29, 0.717) is 5.57 Å². The Labute approximate surface area is 193 Å². The highest BCUT2D eigenvalue weighted by molar-refractivity contribution is 5.39. The van der Waals surface area contributed by atoms with Crippen LogP contribution in [0.25, 0.3) is 0 Å². The highest BCUT2D eigenvalue weighted by Crippen LogP contribution is 2.45. The number of hydrogen-bond donors (Lipinski definition) is 3. The van der Waals surface area contributed by atoms with Crippen molar-refractivity contribution in [3.63, 3.8) is 0 Å². The zero-order valence-electron chi connectivity index (χ0n) is 19.5. The number of aromatic hydroxyl groups is 1. The molecular formula is C25H32F4N2O2. The molecule has 0 heterocycles. The van der Waals surface area contributed by atoms with Gasteiger partial charge in [0.05, 0.1) is 11.6 Å². The van der Waals surface area contributed by atoms with Crippen molar-refractivity contribution in [1.82, 2.24) is 0 Å². The molecule has 1 rings (SSSR count). The molecule has 0 fully saturated rings. The van der Waals surface area contributed by atoms with E-state index in [1.54, 1.807) is 19.1 Å². The van der Waals surface area contributed by atoms with Crippen LogP contribution in [-0.2, 0) is 5.41 Å². The third-order valence-electron chi connectivity index (χ3n) is 4.62.